The summed E-state index contributed by atoms with van der Waals surface area (Å²) in [5, 5.41) is 3.19. The van der Waals surface area contributed by atoms with Gasteiger partial charge in [0.05, 0.1) is 18.9 Å². The van der Waals surface area contributed by atoms with Crippen molar-refractivity contribution in [2.24, 2.45) is 0 Å². The summed E-state index contributed by atoms with van der Waals surface area (Å²) in [5.41, 5.74) is 1.22. The molecule has 0 saturated heterocycles. The van der Waals surface area contributed by atoms with Gasteiger partial charge in [0.2, 0.25) is 15.9 Å². The van der Waals surface area contributed by atoms with Gasteiger partial charge in [0.15, 0.2) is 0 Å². The van der Waals surface area contributed by atoms with Crippen LogP contribution < -0.4 is 10.1 Å². The Morgan fingerprint density at radius 1 is 1.14 bits per heavy atom. The molecule has 1 aliphatic carbocycles. The van der Waals surface area contributed by atoms with E-state index in [1.54, 1.807) is 36.4 Å². The molecule has 0 aromatic heterocycles. The molecule has 0 spiro atoms. The van der Waals surface area contributed by atoms with Crippen molar-refractivity contribution in [1.29, 1.82) is 0 Å². The van der Waals surface area contributed by atoms with Crippen molar-refractivity contribution in [3.8, 4) is 5.75 Å². The Kier molecular flexibility index (Phi) is 7.16. The van der Waals surface area contributed by atoms with Crippen LogP contribution in [0.5, 0.6) is 5.75 Å². The lowest BCUT2D eigenvalue weighted by atomic mass is 10.2. The maximum absolute atomic E-state index is 12.4. The molecule has 0 atom stereocenters. The number of carbonyl (C=O) groups is 1. The molecule has 2 aromatic carbocycles. The highest BCUT2D eigenvalue weighted by molar-refractivity contribution is 7.88. The molecule has 1 saturated carbocycles. The van der Waals surface area contributed by atoms with Crippen LogP contribution in [0.4, 0.5) is 5.69 Å². The van der Waals surface area contributed by atoms with Crippen molar-refractivity contribution >= 4 is 33.2 Å². The van der Waals surface area contributed by atoms with E-state index in [9.17, 15) is 13.2 Å². The number of hydrogen-bond acceptors (Lipinski definition) is 4. The van der Waals surface area contributed by atoms with Crippen LogP contribution in [0.1, 0.15) is 31.2 Å². The Morgan fingerprint density at radius 3 is 2.41 bits per heavy atom. The molecule has 1 N–H and O–H groups in total. The van der Waals surface area contributed by atoms with Crippen LogP contribution >= 0.6 is 11.6 Å². The maximum atomic E-state index is 12.4. The number of ether oxygens (including phenoxy) is 1. The summed E-state index contributed by atoms with van der Waals surface area (Å²) in [6, 6.07) is 14.1. The minimum atomic E-state index is -3.59. The average Bonchev–Trinajstić information content (AvgIpc) is 3.17. The van der Waals surface area contributed by atoms with E-state index in [1.807, 2.05) is 12.1 Å². The van der Waals surface area contributed by atoms with E-state index in [0.717, 1.165) is 29.2 Å². The third kappa shape index (κ3) is 6.45. The van der Waals surface area contributed by atoms with Gasteiger partial charge in [0.25, 0.3) is 0 Å². The Balaban J connectivity index is 1.60. The van der Waals surface area contributed by atoms with Crippen molar-refractivity contribution in [3.63, 3.8) is 0 Å². The Hall–Kier alpha value is -2.09. The summed E-state index contributed by atoms with van der Waals surface area (Å²) in [7, 11) is -3.59. The zero-order valence-corrected chi connectivity index (χ0v) is 17.9. The van der Waals surface area contributed by atoms with Crippen molar-refractivity contribution in [2.75, 3.05) is 18.1 Å². The van der Waals surface area contributed by atoms with Crippen molar-refractivity contribution < 1.29 is 17.9 Å². The second kappa shape index (κ2) is 9.61. The Bertz CT molecular complexity index is 941. The fraction of sp³-hybridized carbons (Fsp3) is 0.381. The predicted molar refractivity (Wildman–Crippen MR) is 115 cm³/mol. The zero-order valence-electron chi connectivity index (χ0n) is 16.3. The molecule has 0 bridgehead atoms. The molecule has 0 aliphatic heterocycles. The highest BCUT2D eigenvalue weighted by Gasteiger charge is 2.22. The minimum absolute atomic E-state index is 0.0279. The molecule has 0 unspecified atom stereocenters. The number of hydrogen-bond donors (Lipinski definition) is 1. The molecule has 1 fully saturated rings. The van der Waals surface area contributed by atoms with Crippen molar-refractivity contribution in [1.82, 2.24) is 4.31 Å². The first kappa shape index (κ1) is 21.6. The van der Waals surface area contributed by atoms with E-state index in [2.05, 4.69) is 5.32 Å². The van der Waals surface area contributed by atoms with E-state index in [1.165, 1.54) is 12.8 Å². The van der Waals surface area contributed by atoms with Crippen LogP contribution in [0, 0.1) is 0 Å². The number of sulfonamides is 1. The van der Waals surface area contributed by atoms with Crippen LogP contribution in [-0.2, 0) is 21.4 Å². The van der Waals surface area contributed by atoms with Crippen LogP contribution in [0.3, 0.4) is 0 Å². The summed E-state index contributed by atoms with van der Waals surface area (Å²) in [6.07, 6.45) is 5.89. The third-order valence-corrected chi connectivity index (χ3v) is 6.40. The van der Waals surface area contributed by atoms with E-state index < -0.39 is 15.9 Å². The number of carbonyl (C=O) groups excluding carboxylic acids is 1. The van der Waals surface area contributed by atoms with E-state index in [4.69, 9.17) is 16.3 Å². The maximum Gasteiger partial charge on any atom is 0.239 e. The van der Waals surface area contributed by atoms with Gasteiger partial charge in [-0.15, -0.1) is 0 Å². The highest BCUT2D eigenvalue weighted by atomic mass is 35.5. The van der Waals surface area contributed by atoms with Crippen LogP contribution in [0.2, 0.25) is 5.02 Å². The first-order chi connectivity index (χ1) is 13.8. The van der Waals surface area contributed by atoms with Crippen molar-refractivity contribution in [3.05, 3.63) is 59.1 Å². The predicted octanol–water partition coefficient (Wildman–Crippen LogP) is 4.06. The first-order valence-electron chi connectivity index (χ1n) is 9.56. The van der Waals surface area contributed by atoms with Gasteiger partial charge in [-0.2, -0.15) is 4.31 Å². The van der Waals surface area contributed by atoms with E-state index in [0.29, 0.717) is 16.3 Å². The third-order valence-electron chi connectivity index (χ3n) is 4.84. The minimum Gasteiger partial charge on any atom is -0.490 e. The molecule has 1 aliphatic rings. The summed E-state index contributed by atoms with van der Waals surface area (Å²) in [4.78, 5) is 12.4. The van der Waals surface area contributed by atoms with Crippen LogP contribution in [0.25, 0.3) is 0 Å². The summed E-state index contributed by atoms with van der Waals surface area (Å²) < 4.78 is 31.3. The quantitative estimate of drug-likeness (QED) is 0.677. The second-order valence-corrected chi connectivity index (χ2v) is 9.61. The molecule has 0 radical (unpaired) electrons. The lowest BCUT2D eigenvalue weighted by molar-refractivity contribution is -0.116. The molecule has 3 rings (SSSR count). The van der Waals surface area contributed by atoms with Crippen LogP contribution in [0.15, 0.2) is 48.5 Å². The number of anilines is 1. The van der Waals surface area contributed by atoms with Gasteiger partial charge in [0.1, 0.15) is 5.75 Å². The normalized spacial score (nSPS) is 14.9. The number of halogens is 1. The summed E-state index contributed by atoms with van der Waals surface area (Å²) in [5.74, 6) is 0.346. The van der Waals surface area contributed by atoms with Gasteiger partial charge in [0, 0.05) is 17.3 Å². The van der Waals surface area contributed by atoms with Crippen molar-refractivity contribution in [2.45, 2.75) is 38.3 Å². The fourth-order valence-electron chi connectivity index (χ4n) is 3.28. The highest BCUT2D eigenvalue weighted by Crippen LogP contribution is 2.25. The standard InChI is InChI=1S/C21H25ClN2O4S/c1-29(26,27)24(14-16-6-2-5-9-20(16)22)15-21(25)23-17-10-12-19(13-11-17)28-18-7-3-4-8-18/h2,5-6,9-13,18H,3-4,7-8,14-15H2,1H3,(H,23,25). The SMILES string of the molecule is CS(=O)(=O)N(CC(=O)Nc1ccc(OC2CCCC2)cc1)Cc1ccccc1Cl. The summed E-state index contributed by atoms with van der Waals surface area (Å²) >= 11 is 6.13. The Labute approximate surface area is 176 Å². The van der Waals surface area contributed by atoms with Crippen LogP contribution in [-0.4, -0.2) is 37.5 Å². The van der Waals surface area contributed by atoms with Gasteiger partial charge in [-0.3, -0.25) is 4.79 Å². The molecule has 29 heavy (non-hydrogen) atoms. The molecule has 8 heteroatoms. The number of benzene rings is 2. The number of amides is 1. The molecular formula is C21H25ClN2O4S. The smallest absolute Gasteiger partial charge is 0.239 e. The second-order valence-electron chi connectivity index (χ2n) is 7.22. The number of rotatable bonds is 8. The van der Waals surface area contributed by atoms with Gasteiger partial charge >= 0.3 is 0 Å². The molecule has 6 nitrogen and oxygen atoms in total. The Morgan fingerprint density at radius 2 is 1.79 bits per heavy atom. The van der Waals surface area contributed by atoms with Gasteiger partial charge in [-0.1, -0.05) is 29.8 Å². The van der Waals surface area contributed by atoms with E-state index >= 15 is 0 Å². The largest absolute Gasteiger partial charge is 0.490 e. The fourth-order valence-corrected chi connectivity index (χ4v) is 4.20. The first-order valence-corrected chi connectivity index (χ1v) is 11.8. The number of nitrogens with one attached hydrogen (secondary N) is 1. The zero-order chi connectivity index (χ0) is 20.9. The van der Waals surface area contributed by atoms with E-state index in [-0.39, 0.29) is 19.2 Å². The summed E-state index contributed by atoms with van der Waals surface area (Å²) in [6.45, 7) is -0.273. The lowest BCUT2D eigenvalue weighted by Crippen LogP contribution is -2.37. The van der Waals surface area contributed by atoms with Gasteiger partial charge in [-0.25, -0.2) is 8.42 Å². The topological polar surface area (TPSA) is 75.7 Å². The molecule has 2 aromatic rings. The molecule has 156 valence electrons. The van der Waals surface area contributed by atoms with Gasteiger partial charge < -0.3 is 10.1 Å². The molecular weight excluding hydrogens is 412 g/mol. The molecule has 1 amide bonds. The monoisotopic (exact) mass is 436 g/mol. The van der Waals surface area contributed by atoms with Gasteiger partial charge in [-0.05, 0) is 61.6 Å². The average molecular weight is 437 g/mol. The molecule has 0 heterocycles. The number of nitrogens with zero attached hydrogens (tertiary/aromatic N) is 1. The lowest BCUT2D eigenvalue weighted by Gasteiger charge is -2.20.